The van der Waals surface area contributed by atoms with Gasteiger partial charge in [0.25, 0.3) is 0 Å². The Morgan fingerprint density at radius 3 is 2.59 bits per heavy atom. The van der Waals surface area contributed by atoms with Gasteiger partial charge in [0.05, 0.1) is 12.7 Å². The van der Waals surface area contributed by atoms with Crippen LogP contribution in [0.5, 0.6) is 0 Å². The summed E-state index contributed by atoms with van der Waals surface area (Å²) in [6.45, 7) is 14.1. The molecule has 1 heteroatoms. The van der Waals surface area contributed by atoms with Gasteiger partial charge in [0, 0.05) is 5.92 Å². The molecule has 0 N–H and O–H groups in total. The summed E-state index contributed by atoms with van der Waals surface area (Å²) in [4.78, 5) is 0. The zero-order chi connectivity index (χ0) is 16.2. The lowest BCUT2D eigenvalue weighted by Crippen LogP contribution is -2.35. The molecule has 0 aliphatic carbocycles. The summed E-state index contributed by atoms with van der Waals surface area (Å²) in [7, 11) is 0. The van der Waals surface area contributed by atoms with Crippen LogP contribution in [0.1, 0.15) is 58.6 Å². The summed E-state index contributed by atoms with van der Waals surface area (Å²) in [5, 5.41) is 0. The smallest absolute Gasteiger partial charge is 0.0890 e. The normalized spacial score (nSPS) is 23.8. The minimum absolute atomic E-state index is 0.161. The van der Waals surface area contributed by atoms with Gasteiger partial charge in [0.2, 0.25) is 0 Å². The minimum Gasteiger partial charge on any atom is -0.372 e. The Balaban J connectivity index is 2.14. The van der Waals surface area contributed by atoms with Crippen LogP contribution >= 0.6 is 0 Å². The molecule has 1 aromatic carbocycles. The molecular weight excluding hydrogens is 268 g/mol. The number of hydrogen-bond acceptors (Lipinski definition) is 1. The molecule has 0 unspecified atom stereocenters. The lowest BCUT2D eigenvalue weighted by atomic mass is 9.73. The number of hydrogen-bond donors (Lipinski definition) is 0. The van der Waals surface area contributed by atoms with Gasteiger partial charge < -0.3 is 4.74 Å². The second-order valence-electron chi connectivity index (χ2n) is 7.60. The molecule has 1 aliphatic rings. The van der Waals surface area contributed by atoms with E-state index < -0.39 is 0 Å². The Labute approximate surface area is 136 Å². The SMILES string of the molecule is C=C(CCC=C(C)C)[C@@H]1CC(C)(C)CO[C@@H]1c1ccccc1. The first-order chi connectivity index (χ1) is 10.4. The molecule has 0 spiro atoms. The molecule has 1 fully saturated rings. The van der Waals surface area contributed by atoms with Crippen LogP contribution < -0.4 is 0 Å². The molecule has 0 amide bonds. The van der Waals surface area contributed by atoms with Crippen LogP contribution in [0.2, 0.25) is 0 Å². The maximum Gasteiger partial charge on any atom is 0.0890 e. The molecule has 22 heavy (non-hydrogen) atoms. The highest BCUT2D eigenvalue weighted by molar-refractivity contribution is 5.23. The van der Waals surface area contributed by atoms with E-state index in [0.717, 1.165) is 25.9 Å². The Kier molecular flexibility index (Phi) is 5.63. The van der Waals surface area contributed by atoms with Crippen molar-refractivity contribution in [2.24, 2.45) is 11.3 Å². The number of ether oxygens (including phenoxy) is 1. The van der Waals surface area contributed by atoms with E-state index in [1.54, 1.807) is 0 Å². The molecule has 1 heterocycles. The zero-order valence-electron chi connectivity index (χ0n) is 14.6. The van der Waals surface area contributed by atoms with E-state index in [9.17, 15) is 0 Å². The molecule has 1 aliphatic heterocycles. The van der Waals surface area contributed by atoms with Crippen LogP contribution in [-0.4, -0.2) is 6.61 Å². The molecule has 120 valence electrons. The van der Waals surface area contributed by atoms with Crippen LogP contribution in [0.3, 0.4) is 0 Å². The summed E-state index contributed by atoms with van der Waals surface area (Å²) in [5.41, 5.74) is 4.23. The topological polar surface area (TPSA) is 9.23 Å². The van der Waals surface area contributed by atoms with Gasteiger partial charge in [-0.3, -0.25) is 0 Å². The molecule has 1 nitrogen and oxygen atoms in total. The maximum absolute atomic E-state index is 6.26. The van der Waals surface area contributed by atoms with Crippen molar-refractivity contribution in [3.8, 4) is 0 Å². The van der Waals surface area contributed by atoms with Gasteiger partial charge in [0.15, 0.2) is 0 Å². The molecule has 0 radical (unpaired) electrons. The van der Waals surface area contributed by atoms with Gasteiger partial charge in [-0.05, 0) is 44.1 Å². The molecule has 1 saturated heterocycles. The van der Waals surface area contributed by atoms with E-state index >= 15 is 0 Å². The fourth-order valence-corrected chi connectivity index (χ4v) is 3.25. The standard InChI is InChI=1S/C21H30O/c1-16(2)10-9-11-17(3)19-14-21(4,5)15-22-20(19)18-12-7-6-8-13-18/h6-8,10,12-13,19-20H,3,9,11,14-15H2,1-2,4-5H3/t19-,20+/m0/s1. The third-order valence-corrected chi connectivity index (χ3v) is 4.46. The minimum atomic E-state index is 0.161. The van der Waals surface area contributed by atoms with E-state index in [0.29, 0.717) is 5.92 Å². The second kappa shape index (κ2) is 7.28. The highest BCUT2D eigenvalue weighted by Gasteiger charge is 2.37. The van der Waals surface area contributed by atoms with Gasteiger partial charge in [-0.15, -0.1) is 0 Å². The molecule has 0 aromatic heterocycles. The Hall–Kier alpha value is -1.34. The quantitative estimate of drug-likeness (QED) is 0.597. The third-order valence-electron chi connectivity index (χ3n) is 4.46. The number of allylic oxidation sites excluding steroid dienone is 2. The second-order valence-corrected chi connectivity index (χ2v) is 7.60. The van der Waals surface area contributed by atoms with Crippen molar-refractivity contribution in [2.75, 3.05) is 6.61 Å². The molecule has 2 atom stereocenters. The Morgan fingerprint density at radius 2 is 1.95 bits per heavy atom. The Morgan fingerprint density at radius 1 is 1.27 bits per heavy atom. The van der Waals surface area contributed by atoms with Gasteiger partial charge in [0.1, 0.15) is 0 Å². The van der Waals surface area contributed by atoms with Crippen LogP contribution in [0.4, 0.5) is 0 Å². The first-order valence-corrected chi connectivity index (χ1v) is 8.37. The van der Waals surface area contributed by atoms with Gasteiger partial charge in [-0.1, -0.05) is 68.0 Å². The van der Waals surface area contributed by atoms with Crippen LogP contribution in [0, 0.1) is 11.3 Å². The highest BCUT2D eigenvalue weighted by Crippen LogP contribution is 2.45. The lowest BCUT2D eigenvalue weighted by Gasteiger charge is -2.42. The molecule has 0 saturated carbocycles. The van der Waals surface area contributed by atoms with Gasteiger partial charge in [-0.2, -0.15) is 0 Å². The fourth-order valence-electron chi connectivity index (χ4n) is 3.25. The summed E-state index contributed by atoms with van der Waals surface area (Å²) in [6, 6.07) is 10.6. The third kappa shape index (κ3) is 4.58. The van der Waals surface area contributed by atoms with Gasteiger partial charge >= 0.3 is 0 Å². The largest absolute Gasteiger partial charge is 0.372 e. The predicted octanol–water partition coefficient (Wildman–Crippen LogP) is 6.09. The van der Waals surface area contributed by atoms with Crippen LogP contribution in [-0.2, 0) is 4.74 Å². The monoisotopic (exact) mass is 298 g/mol. The zero-order valence-corrected chi connectivity index (χ0v) is 14.6. The summed E-state index contributed by atoms with van der Waals surface area (Å²) in [6.07, 6.45) is 5.75. The van der Waals surface area contributed by atoms with Crippen LogP contribution in [0.15, 0.2) is 54.1 Å². The Bertz CT molecular complexity index is 520. The van der Waals surface area contributed by atoms with Crippen molar-refractivity contribution in [2.45, 2.75) is 53.1 Å². The summed E-state index contributed by atoms with van der Waals surface area (Å²) < 4.78 is 6.26. The molecule has 0 bridgehead atoms. The first kappa shape index (κ1) is 17.0. The van der Waals surface area contributed by atoms with E-state index in [4.69, 9.17) is 4.74 Å². The van der Waals surface area contributed by atoms with E-state index in [-0.39, 0.29) is 11.5 Å². The number of rotatable bonds is 5. The van der Waals surface area contributed by atoms with Crippen LogP contribution in [0.25, 0.3) is 0 Å². The van der Waals surface area contributed by atoms with Gasteiger partial charge in [-0.25, -0.2) is 0 Å². The average molecular weight is 298 g/mol. The molecular formula is C21H30O. The van der Waals surface area contributed by atoms with Crippen molar-refractivity contribution in [3.63, 3.8) is 0 Å². The fraction of sp³-hybridized carbons (Fsp3) is 0.524. The van der Waals surface area contributed by atoms with E-state index in [2.05, 4.69) is 70.7 Å². The molecule has 1 aromatic rings. The van der Waals surface area contributed by atoms with E-state index in [1.165, 1.54) is 16.7 Å². The number of benzene rings is 1. The van der Waals surface area contributed by atoms with E-state index in [1.807, 2.05) is 0 Å². The molecule has 2 rings (SSSR count). The first-order valence-electron chi connectivity index (χ1n) is 8.37. The van der Waals surface area contributed by atoms with Crippen molar-refractivity contribution >= 4 is 0 Å². The van der Waals surface area contributed by atoms with Crippen molar-refractivity contribution in [1.82, 2.24) is 0 Å². The van der Waals surface area contributed by atoms with Crippen molar-refractivity contribution in [1.29, 1.82) is 0 Å². The van der Waals surface area contributed by atoms with Crippen molar-refractivity contribution < 1.29 is 4.74 Å². The van der Waals surface area contributed by atoms with Crippen molar-refractivity contribution in [3.05, 3.63) is 59.7 Å². The average Bonchev–Trinajstić information content (AvgIpc) is 2.46. The highest BCUT2D eigenvalue weighted by atomic mass is 16.5. The summed E-state index contributed by atoms with van der Waals surface area (Å²) in [5.74, 6) is 0.414. The summed E-state index contributed by atoms with van der Waals surface area (Å²) >= 11 is 0. The maximum atomic E-state index is 6.26. The lowest BCUT2D eigenvalue weighted by molar-refractivity contribution is -0.0788. The predicted molar refractivity (Wildman–Crippen MR) is 94.8 cm³/mol.